The molecule has 0 unspecified atom stereocenters. The van der Waals surface area contributed by atoms with Gasteiger partial charge in [0, 0.05) is 19.8 Å². The zero-order valence-corrected chi connectivity index (χ0v) is 12.8. The van der Waals surface area contributed by atoms with Gasteiger partial charge in [0.15, 0.2) is 0 Å². The normalized spacial score (nSPS) is 12.1. The maximum atomic E-state index is 12.4. The molecule has 0 aliphatic rings. The minimum atomic E-state index is -0.528. The van der Waals surface area contributed by atoms with Crippen molar-refractivity contribution in [1.82, 2.24) is 9.80 Å². The number of rotatable bonds is 5. The summed E-state index contributed by atoms with van der Waals surface area (Å²) < 4.78 is 0. The van der Waals surface area contributed by atoms with Gasteiger partial charge < -0.3 is 9.80 Å². The van der Waals surface area contributed by atoms with Crippen molar-refractivity contribution < 1.29 is 9.59 Å². The predicted molar refractivity (Wildman–Crippen MR) is 80.6 cm³/mol. The largest absolute Gasteiger partial charge is 0.347 e. The first kappa shape index (κ1) is 16.2. The molecular formula is C15H23N3O2. The number of likely N-dealkylation sites (N-methyl/N-ethyl adjacent to an activating group) is 2. The number of amides is 2. The molecule has 5 nitrogen and oxygen atoms in total. The molecular weight excluding hydrogens is 254 g/mol. The molecule has 1 aromatic carbocycles. The van der Waals surface area contributed by atoms with E-state index in [0.717, 1.165) is 5.69 Å². The van der Waals surface area contributed by atoms with E-state index in [1.54, 1.807) is 30.8 Å². The minimum absolute atomic E-state index is 0.0936. The quantitative estimate of drug-likeness (QED) is 0.808. The molecule has 20 heavy (non-hydrogen) atoms. The fourth-order valence-electron chi connectivity index (χ4n) is 2.00. The molecule has 0 N–H and O–H groups in total. The standard InChI is InChI=1S/C15H23N3O2/c1-12(15(20)17(4)5)18(14(19)11-16(2)3)13-9-7-6-8-10-13/h6-10,12H,11H2,1-5H3/t12-/m0/s1. The van der Waals surface area contributed by atoms with Crippen molar-refractivity contribution in [2.24, 2.45) is 0 Å². The van der Waals surface area contributed by atoms with Crippen LogP contribution in [-0.4, -0.2) is 62.4 Å². The van der Waals surface area contributed by atoms with Gasteiger partial charge in [-0.25, -0.2) is 0 Å². The van der Waals surface area contributed by atoms with Crippen LogP contribution in [0.15, 0.2) is 30.3 Å². The summed E-state index contributed by atoms with van der Waals surface area (Å²) in [7, 11) is 7.05. The Kier molecular flexibility index (Phi) is 5.70. The summed E-state index contributed by atoms with van der Waals surface area (Å²) >= 11 is 0. The first-order valence-corrected chi connectivity index (χ1v) is 6.57. The first-order chi connectivity index (χ1) is 9.34. The zero-order chi connectivity index (χ0) is 15.3. The summed E-state index contributed by atoms with van der Waals surface area (Å²) in [6.45, 7) is 2.02. The number of carbonyl (C=O) groups excluding carboxylic acids is 2. The van der Waals surface area contributed by atoms with E-state index in [1.807, 2.05) is 44.4 Å². The summed E-state index contributed by atoms with van der Waals surface area (Å²) in [5.41, 5.74) is 0.738. The zero-order valence-electron chi connectivity index (χ0n) is 12.8. The molecule has 110 valence electrons. The lowest BCUT2D eigenvalue weighted by Gasteiger charge is -2.31. The van der Waals surface area contributed by atoms with Crippen molar-refractivity contribution >= 4 is 17.5 Å². The van der Waals surface area contributed by atoms with Gasteiger partial charge in [0.05, 0.1) is 6.54 Å². The lowest BCUT2D eigenvalue weighted by molar-refractivity contribution is -0.132. The highest BCUT2D eigenvalue weighted by atomic mass is 16.2. The maximum absolute atomic E-state index is 12.4. The third kappa shape index (κ3) is 4.06. The van der Waals surface area contributed by atoms with Gasteiger partial charge in [-0.15, -0.1) is 0 Å². The van der Waals surface area contributed by atoms with Crippen LogP contribution in [0.3, 0.4) is 0 Å². The number of para-hydroxylation sites is 1. The Morgan fingerprint density at radius 3 is 2.05 bits per heavy atom. The minimum Gasteiger partial charge on any atom is -0.347 e. The second-order valence-electron chi connectivity index (χ2n) is 5.25. The van der Waals surface area contributed by atoms with Crippen LogP contribution >= 0.6 is 0 Å². The molecule has 0 bridgehead atoms. The van der Waals surface area contributed by atoms with Crippen LogP contribution in [0.2, 0.25) is 0 Å². The Labute approximate surface area is 120 Å². The summed E-state index contributed by atoms with van der Waals surface area (Å²) in [4.78, 5) is 29.5. The molecule has 0 aromatic heterocycles. The summed E-state index contributed by atoms with van der Waals surface area (Å²) in [5.74, 6) is -0.190. The van der Waals surface area contributed by atoms with Crippen LogP contribution in [0.1, 0.15) is 6.92 Å². The molecule has 0 saturated heterocycles. The van der Waals surface area contributed by atoms with Gasteiger partial charge in [0.25, 0.3) is 0 Å². The van der Waals surface area contributed by atoms with Crippen LogP contribution in [0, 0.1) is 0 Å². The van der Waals surface area contributed by atoms with E-state index < -0.39 is 6.04 Å². The Hall–Kier alpha value is -1.88. The fraction of sp³-hybridized carbons (Fsp3) is 0.467. The van der Waals surface area contributed by atoms with Crippen molar-refractivity contribution in [1.29, 1.82) is 0 Å². The summed E-state index contributed by atoms with van der Waals surface area (Å²) in [5, 5.41) is 0. The van der Waals surface area contributed by atoms with Crippen LogP contribution in [0.4, 0.5) is 5.69 Å². The molecule has 0 radical (unpaired) electrons. The molecule has 1 aromatic rings. The van der Waals surface area contributed by atoms with Crippen LogP contribution in [0.5, 0.6) is 0 Å². The van der Waals surface area contributed by atoms with Gasteiger partial charge in [-0.05, 0) is 33.2 Å². The van der Waals surface area contributed by atoms with Crippen molar-refractivity contribution in [2.45, 2.75) is 13.0 Å². The van der Waals surface area contributed by atoms with E-state index in [-0.39, 0.29) is 18.4 Å². The summed E-state index contributed by atoms with van der Waals surface area (Å²) in [6, 6.07) is 8.76. The molecule has 5 heteroatoms. The SMILES string of the molecule is C[C@@H](C(=O)N(C)C)N(C(=O)CN(C)C)c1ccccc1. The monoisotopic (exact) mass is 277 g/mol. The highest BCUT2D eigenvalue weighted by Gasteiger charge is 2.28. The molecule has 0 saturated carbocycles. The van der Waals surface area contributed by atoms with Crippen molar-refractivity contribution in [2.75, 3.05) is 39.6 Å². The predicted octanol–water partition coefficient (Wildman–Crippen LogP) is 1.06. The number of hydrogen-bond acceptors (Lipinski definition) is 3. The van der Waals surface area contributed by atoms with Crippen LogP contribution < -0.4 is 4.90 Å². The Morgan fingerprint density at radius 2 is 1.60 bits per heavy atom. The van der Waals surface area contributed by atoms with E-state index in [2.05, 4.69) is 0 Å². The van der Waals surface area contributed by atoms with E-state index >= 15 is 0 Å². The van der Waals surface area contributed by atoms with Gasteiger partial charge in [-0.1, -0.05) is 18.2 Å². The second kappa shape index (κ2) is 7.05. The fourth-order valence-corrected chi connectivity index (χ4v) is 2.00. The van der Waals surface area contributed by atoms with Crippen LogP contribution in [-0.2, 0) is 9.59 Å². The number of nitrogens with zero attached hydrogens (tertiary/aromatic N) is 3. The number of hydrogen-bond donors (Lipinski definition) is 0. The number of benzene rings is 1. The molecule has 1 rings (SSSR count). The number of carbonyl (C=O) groups is 2. The molecule has 0 spiro atoms. The van der Waals surface area contributed by atoms with Gasteiger partial charge in [-0.2, -0.15) is 0 Å². The average molecular weight is 277 g/mol. The second-order valence-corrected chi connectivity index (χ2v) is 5.25. The third-order valence-corrected chi connectivity index (χ3v) is 2.94. The average Bonchev–Trinajstić information content (AvgIpc) is 2.38. The first-order valence-electron chi connectivity index (χ1n) is 6.57. The van der Waals surface area contributed by atoms with Crippen molar-refractivity contribution in [3.05, 3.63) is 30.3 Å². The van der Waals surface area contributed by atoms with E-state index in [1.165, 1.54) is 4.90 Å². The molecule has 0 aliphatic heterocycles. The molecule has 0 fully saturated rings. The molecule has 1 atom stereocenters. The molecule has 0 heterocycles. The third-order valence-electron chi connectivity index (χ3n) is 2.94. The van der Waals surface area contributed by atoms with Crippen LogP contribution in [0.25, 0.3) is 0 Å². The highest BCUT2D eigenvalue weighted by Crippen LogP contribution is 2.18. The number of anilines is 1. The Bertz CT molecular complexity index is 457. The highest BCUT2D eigenvalue weighted by molar-refractivity contribution is 6.01. The van der Waals surface area contributed by atoms with Crippen molar-refractivity contribution in [3.63, 3.8) is 0 Å². The van der Waals surface area contributed by atoms with E-state index in [9.17, 15) is 9.59 Å². The molecule has 0 aliphatic carbocycles. The van der Waals surface area contributed by atoms with Gasteiger partial charge in [0.1, 0.15) is 6.04 Å². The smallest absolute Gasteiger partial charge is 0.244 e. The lowest BCUT2D eigenvalue weighted by Crippen LogP contribution is -2.50. The van der Waals surface area contributed by atoms with E-state index in [4.69, 9.17) is 0 Å². The van der Waals surface area contributed by atoms with Gasteiger partial charge >= 0.3 is 0 Å². The Balaban J connectivity index is 3.08. The van der Waals surface area contributed by atoms with E-state index in [0.29, 0.717) is 0 Å². The Morgan fingerprint density at radius 1 is 1.05 bits per heavy atom. The topological polar surface area (TPSA) is 43.9 Å². The van der Waals surface area contributed by atoms with Crippen molar-refractivity contribution in [3.8, 4) is 0 Å². The maximum Gasteiger partial charge on any atom is 0.244 e. The van der Waals surface area contributed by atoms with Gasteiger partial charge in [-0.3, -0.25) is 14.5 Å². The molecule has 2 amide bonds. The lowest BCUT2D eigenvalue weighted by atomic mass is 10.2. The summed E-state index contributed by atoms with van der Waals surface area (Å²) in [6.07, 6.45) is 0. The van der Waals surface area contributed by atoms with Gasteiger partial charge in [0.2, 0.25) is 11.8 Å².